The van der Waals surface area contributed by atoms with Crippen LogP contribution in [0.3, 0.4) is 0 Å². The molecular formula is C22H28Cl2N4S. The molecule has 1 unspecified atom stereocenters. The Kier molecular flexibility index (Phi) is 7.14. The van der Waals surface area contributed by atoms with Crippen molar-refractivity contribution in [2.75, 3.05) is 49.1 Å². The van der Waals surface area contributed by atoms with Crippen molar-refractivity contribution in [3.63, 3.8) is 0 Å². The van der Waals surface area contributed by atoms with Crippen molar-refractivity contribution in [1.82, 2.24) is 4.90 Å². The highest BCUT2D eigenvalue weighted by Crippen LogP contribution is 2.41. The number of thioether (sulfide) groups is 1. The van der Waals surface area contributed by atoms with Gasteiger partial charge in [-0.15, -0.1) is 0 Å². The van der Waals surface area contributed by atoms with E-state index in [4.69, 9.17) is 28.9 Å². The van der Waals surface area contributed by atoms with Crippen LogP contribution < -0.4 is 15.5 Å². The number of para-hydroxylation sites is 1. The molecule has 2 aliphatic rings. The van der Waals surface area contributed by atoms with E-state index in [9.17, 15) is 0 Å². The number of piperazine rings is 1. The van der Waals surface area contributed by atoms with Crippen LogP contribution in [0.15, 0.2) is 47.4 Å². The van der Waals surface area contributed by atoms with E-state index in [1.807, 2.05) is 12.1 Å². The van der Waals surface area contributed by atoms with Crippen LogP contribution >= 0.6 is 35.0 Å². The number of anilines is 2. The zero-order valence-corrected chi connectivity index (χ0v) is 18.9. The van der Waals surface area contributed by atoms with Gasteiger partial charge in [0.2, 0.25) is 0 Å². The Hall–Kier alpha value is -1.11. The average molecular weight is 451 g/mol. The lowest BCUT2D eigenvalue weighted by atomic mass is 10.2. The highest BCUT2D eigenvalue weighted by atomic mass is 35.5. The van der Waals surface area contributed by atoms with Gasteiger partial charge in [-0.3, -0.25) is 4.90 Å². The van der Waals surface area contributed by atoms with Crippen LogP contribution in [0.5, 0.6) is 0 Å². The minimum absolute atomic E-state index is 0.0573. The van der Waals surface area contributed by atoms with Gasteiger partial charge in [-0.2, -0.15) is 0 Å². The predicted molar refractivity (Wildman–Crippen MR) is 127 cm³/mol. The van der Waals surface area contributed by atoms with Crippen molar-refractivity contribution in [2.24, 2.45) is 5.73 Å². The van der Waals surface area contributed by atoms with Gasteiger partial charge in [0.15, 0.2) is 0 Å². The van der Waals surface area contributed by atoms with Crippen LogP contribution in [0.4, 0.5) is 11.4 Å². The van der Waals surface area contributed by atoms with Gasteiger partial charge in [0, 0.05) is 43.3 Å². The minimum Gasteiger partial charge on any atom is -0.369 e. The molecule has 2 N–H and O–H groups in total. The summed E-state index contributed by atoms with van der Waals surface area (Å²) < 4.78 is 0. The van der Waals surface area contributed by atoms with Gasteiger partial charge >= 0.3 is 0 Å². The second kappa shape index (κ2) is 9.80. The quantitative estimate of drug-likeness (QED) is 0.590. The molecule has 7 heteroatoms. The summed E-state index contributed by atoms with van der Waals surface area (Å²) in [6.07, 6.45) is 3.67. The predicted octanol–water partition coefficient (Wildman–Crippen LogP) is 5.14. The van der Waals surface area contributed by atoms with Crippen LogP contribution in [-0.2, 0) is 0 Å². The first kappa shape index (κ1) is 21.1. The number of hydrogen-bond acceptors (Lipinski definition) is 5. The molecule has 2 aliphatic heterocycles. The summed E-state index contributed by atoms with van der Waals surface area (Å²) in [4.78, 5) is 8.61. The molecule has 0 saturated carbocycles. The molecule has 0 aromatic heterocycles. The van der Waals surface area contributed by atoms with E-state index >= 15 is 0 Å². The average Bonchev–Trinajstić information content (AvgIpc) is 3.05. The molecule has 2 heterocycles. The molecule has 4 nitrogen and oxygen atoms in total. The molecule has 4 rings (SSSR count). The molecule has 29 heavy (non-hydrogen) atoms. The number of nitrogens with zero attached hydrogens (tertiary/aromatic N) is 3. The fourth-order valence-electron chi connectivity index (χ4n) is 4.08. The number of fused-ring (bicyclic) bond motifs is 1. The second-order valence-corrected chi connectivity index (χ2v) is 9.63. The number of benzene rings is 2. The Bertz CT molecular complexity index is 826. The van der Waals surface area contributed by atoms with E-state index in [0.29, 0.717) is 10.0 Å². The van der Waals surface area contributed by atoms with Gasteiger partial charge in [-0.25, -0.2) is 0 Å². The molecule has 156 valence electrons. The minimum atomic E-state index is 0.0573. The second-order valence-electron chi connectivity index (χ2n) is 7.66. The smallest absolute Gasteiger partial charge is 0.130 e. The van der Waals surface area contributed by atoms with E-state index in [2.05, 4.69) is 45.0 Å². The van der Waals surface area contributed by atoms with Crippen molar-refractivity contribution in [2.45, 2.75) is 29.7 Å². The molecule has 0 radical (unpaired) electrons. The third-order valence-corrected chi connectivity index (χ3v) is 7.58. The Morgan fingerprint density at radius 2 is 1.66 bits per heavy atom. The maximum absolute atomic E-state index is 6.30. The molecular weight excluding hydrogens is 423 g/mol. The lowest BCUT2D eigenvalue weighted by molar-refractivity contribution is 0.252. The molecule has 1 atom stereocenters. The third kappa shape index (κ3) is 5.15. The molecule has 1 saturated heterocycles. The Morgan fingerprint density at radius 3 is 2.45 bits per heavy atom. The number of rotatable bonds is 7. The van der Waals surface area contributed by atoms with Gasteiger partial charge in [0.1, 0.15) is 5.50 Å². The van der Waals surface area contributed by atoms with Crippen LogP contribution in [0.25, 0.3) is 0 Å². The first-order chi connectivity index (χ1) is 14.1. The monoisotopic (exact) mass is 450 g/mol. The zero-order chi connectivity index (χ0) is 20.2. The Balaban J connectivity index is 1.15. The van der Waals surface area contributed by atoms with Crippen molar-refractivity contribution in [3.8, 4) is 0 Å². The first-order valence-corrected chi connectivity index (χ1v) is 12.0. The number of nitrogens with two attached hydrogens (primary N) is 1. The van der Waals surface area contributed by atoms with Crippen molar-refractivity contribution in [1.29, 1.82) is 0 Å². The SMILES string of the molecule is NC1Sc2ccccc2N1CCCCCN1CCN(c2ccc(Cl)c(Cl)c2)CC1. The van der Waals surface area contributed by atoms with Crippen molar-refractivity contribution < 1.29 is 0 Å². The van der Waals surface area contributed by atoms with E-state index in [1.165, 1.54) is 42.1 Å². The van der Waals surface area contributed by atoms with Crippen LogP contribution in [0, 0.1) is 0 Å². The van der Waals surface area contributed by atoms with Crippen LogP contribution in [0.2, 0.25) is 10.0 Å². The number of unbranched alkanes of at least 4 members (excludes halogenated alkanes) is 2. The number of halogens is 2. The molecule has 2 aromatic rings. The molecule has 2 aromatic carbocycles. The lowest BCUT2D eigenvalue weighted by Gasteiger charge is -2.36. The fraction of sp³-hybridized carbons (Fsp3) is 0.455. The maximum atomic E-state index is 6.30. The van der Waals surface area contributed by atoms with E-state index in [-0.39, 0.29) is 5.50 Å². The van der Waals surface area contributed by atoms with Crippen molar-refractivity contribution >= 4 is 46.3 Å². The Labute approximate surface area is 187 Å². The van der Waals surface area contributed by atoms with E-state index in [1.54, 1.807) is 11.8 Å². The fourth-order valence-corrected chi connectivity index (χ4v) is 5.44. The summed E-state index contributed by atoms with van der Waals surface area (Å²) in [5.41, 5.74) is 8.82. The van der Waals surface area contributed by atoms with Crippen LogP contribution in [-0.4, -0.2) is 49.7 Å². The number of hydrogen-bond donors (Lipinski definition) is 1. The highest BCUT2D eigenvalue weighted by Gasteiger charge is 2.26. The molecule has 0 bridgehead atoms. The van der Waals surface area contributed by atoms with Crippen LogP contribution in [0.1, 0.15) is 19.3 Å². The molecule has 0 aliphatic carbocycles. The summed E-state index contributed by atoms with van der Waals surface area (Å²) in [7, 11) is 0. The first-order valence-electron chi connectivity index (χ1n) is 10.3. The maximum Gasteiger partial charge on any atom is 0.130 e. The molecule has 0 amide bonds. The Morgan fingerprint density at radius 1 is 0.897 bits per heavy atom. The van der Waals surface area contributed by atoms with E-state index < -0.39 is 0 Å². The summed E-state index contributed by atoms with van der Waals surface area (Å²) in [6, 6.07) is 14.4. The molecule has 0 spiro atoms. The van der Waals surface area contributed by atoms with Gasteiger partial charge in [0.05, 0.1) is 15.7 Å². The zero-order valence-electron chi connectivity index (χ0n) is 16.6. The third-order valence-electron chi connectivity index (χ3n) is 5.74. The van der Waals surface area contributed by atoms with Gasteiger partial charge in [-0.05, 0) is 49.7 Å². The highest BCUT2D eigenvalue weighted by molar-refractivity contribution is 8.00. The summed E-state index contributed by atoms with van der Waals surface area (Å²) in [5.74, 6) is 0. The summed E-state index contributed by atoms with van der Waals surface area (Å²) >= 11 is 14.0. The lowest BCUT2D eigenvalue weighted by Crippen LogP contribution is -2.46. The summed E-state index contributed by atoms with van der Waals surface area (Å²) in [5, 5.41) is 1.25. The topological polar surface area (TPSA) is 35.7 Å². The van der Waals surface area contributed by atoms with E-state index in [0.717, 1.165) is 32.7 Å². The standard InChI is InChI=1S/C22H28Cl2N4S/c23-18-9-8-17(16-19(18)24)27-14-12-26(13-15-27)10-4-1-5-11-28-20-6-2-3-7-21(20)29-22(28)25/h2-3,6-9,16,22H,1,4-5,10-15,25H2. The molecule has 1 fully saturated rings. The van der Waals surface area contributed by atoms with Gasteiger partial charge in [0.25, 0.3) is 0 Å². The van der Waals surface area contributed by atoms with Gasteiger partial charge in [-0.1, -0.05) is 53.5 Å². The summed E-state index contributed by atoms with van der Waals surface area (Å²) in [6.45, 7) is 6.48. The van der Waals surface area contributed by atoms with Gasteiger partial charge < -0.3 is 15.5 Å². The normalized spacial score (nSPS) is 19.6. The van der Waals surface area contributed by atoms with Crippen molar-refractivity contribution in [3.05, 3.63) is 52.5 Å². The largest absolute Gasteiger partial charge is 0.369 e.